The molecular formula is C13H17N3. The average molecular weight is 215 g/mol. The van der Waals surface area contributed by atoms with E-state index in [0.29, 0.717) is 0 Å². The number of pyridine rings is 1. The van der Waals surface area contributed by atoms with E-state index in [-0.39, 0.29) is 0 Å². The zero-order valence-electron chi connectivity index (χ0n) is 9.99. The summed E-state index contributed by atoms with van der Waals surface area (Å²) in [4.78, 5) is 6.62. The highest BCUT2D eigenvalue weighted by molar-refractivity contribution is 5.86. The molecule has 0 amide bonds. The van der Waals surface area contributed by atoms with Crippen molar-refractivity contribution >= 4 is 22.4 Å². The molecule has 2 N–H and O–H groups in total. The van der Waals surface area contributed by atoms with Crippen LogP contribution in [0.2, 0.25) is 0 Å². The summed E-state index contributed by atoms with van der Waals surface area (Å²) in [6.45, 7) is 2.15. The molecule has 1 aromatic heterocycles. The maximum absolute atomic E-state index is 5.81. The van der Waals surface area contributed by atoms with Gasteiger partial charge < -0.3 is 10.6 Å². The van der Waals surface area contributed by atoms with Crippen LogP contribution in [-0.4, -0.2) is 19.1 Å². The second kappa shape index (κ2) is 4.00. The van der Waals surface area contributed by atoms with Gasteiger partial charge in [0.25, 0.3) is 0 Å². The van der Waals surface area contributed by atoms with Gasteiger partial charge in [0.2, 0.25) is 0 Å². The number of nitrogen functional groups attached to an aromatic ring is 1. The third-order valence-electron chi connectivity index (χ3n) is 2.74. The molecule has 0 radical (unpaired) electrons. The quantitative estimate of drug-likeness (QED) is 0.782. The number of benzene rings is 1. The molecule has 0 saturated carbocycles. The van der Waals surface area contributed by atoms with Crippen LogP contribution >= 0.6 is 0 Å². The van der Waals surface area contributed by atoms with Crippen LogP contribution in [-0.2, 0) is 6.42 Å². The SMILES string of the molecule is CCc1cc(N(C)C)nc2ccc(N)cc12. The van der Waals surface area contributed by atoms with E-state index < -0.39 is 0 Å². The Labute approximate surface area is 95.9 Å². The lowest BCUT2D eigenvalue weighted by Crippen LogP contribution is -2.11. The van der Waals surface area contributed by atoms with Crippen LogP contribution < -0.4 is 10.6 Å². The molecule has 0 aliphatic carbocycles. The lowest BCUT2D eigenvalue weighted by atomic mass is 10.1. The van der Waals surface area contributed by atoms with Crippen LogP contribution in [0.1, 0.15) is 12.5 Å². The molecule has 0 unspecified atom stereocenters. The first-order valence-corrected chi connectivity index (χ1v) is 5.48. The van der Waals surface area contributed by atoms with Crippen molar-refractivity contribution in [3.63, 3.8) is 0 Å². The molecule has 0 aliphatic rings. The normalized spacial score (nSPS) is 10.7. The van der Waals surface area contributed by atoms with Gasteiger partial charge in [-0.05, 0) is 36.2 Å². The van der Waals surface area contributed by atoms with Crippen LogP contribution in [0.25, 0.3) is 10.9 Å². The Kier molecular flexibility index (Phi) is 2.69. The summed E-state index contributed by atoms with van der Waals surface area (Å²) in [6, 6.07) is 8.01. The summed E-state index contributed by atoms with van der Waals surface area (Å²) in [5, 5.41) is 1.16. The minimum Gasteiger partial charge on any atom is -0.399 e. The van der Waals surface area contributed by atoms with Crippen LogP contribution in [0.5, 0.6) is 0 Å². The number of hydrogen-bond donors (Lipinski definition) is 1. The van der Waals surface area contributed by atoms with E-state index in [1.807, 2.05) is 37.2 Å². The van der Waals surface area contributed by atoms with Gasteiger partial charge in [-0.1, -0.05) is 6.92 Å². The molecule has 0 atom stereocenters. The Balaban J connectivity index is 2.73. The van der Waals surface area contributed by atoms with Crippen molar-refractivity contribution in [2.24, 2.45) is 0 Å². The van der Waals surface area contributed by atoms with Gasteiger partial charge in [0.15, 0.2) is 0 Å². The van der Waals surface area contributed by atoms with Crippen molar-refractivity contribution in [2.75, 3.05) is 24.7 Å². The first-order chi connectivity index (χ1) is 7.61. The molecule has 3 nitrogen and oxygen atoms in total. The van der Waals surface area contributed by atoms with Gasteiger partial charge in [-0.3, -0.25) is 0 Å². The molecule has 84 valence electrons. The maximum Gasteiger partial charge on any atom is 0.129 e. The molecular weight excluding hydrogens is 198 g/mol. The number of fused-ring (bicyclic) bond motifs is 1. The van der Waals surface area contributed by atoms with Crippen LogP contribution in [0.3, 0.4) is 0 Å². The predicted octanol–water partition coefficient (Wildman–Crippen LogP) is 2.45. The zero-order valence-corrected chi connectivity index (χ0v) is 9.99. The van der Waals surface area contributed by atoms with Crippen LogP contribution in [0, 0.1) is 0 Å². The topological polar surface area (TPSA) is 42.2 Å². The smallest absolute Gasteiger partial charge is 0.129 e. The van der Waals surface area contributed by atoms with Gasteiger partial charge in [0.1, 0.15) is 5.82 Å². The van der Waals surface area contributed by atoms with Crippen molar-refractivity contribution in [1.29, 1.82) is 0 Å². The fourth-order valence-electron chi connectivity index (χ4n) is 1.82. The number of anilines is 2. The lowest BCUT2D eigenvalue weighted by Gasteiger charge is -2.14. The third-order valence-corrected chi connectivity index (χ3v) is 2.74. The summed E-state index contributed by atoms with van der Waals surface area (Å²) >= 11 is 0. The molecule has 3 heteroatoms. The zero-order chi connectivity index (χ0) is 11.7. The fraction of sp³-hybridized carbons (Fsp3) is 0.308. The number of rotatable bonds is 2. The summed E-state index contributed by atoms with van der Waals surface area (Å²) in [5.41, 5.74) is 8.90. The molecule has 1 aromatic carbocycles. The standard InChI is InChI=1S/C13H17N3/c1-4-9-7-13(16(2)3)15-12-6-5-10(14)8-11(9)12/h5-8H,4,14H2,1-3H3. The Morgan fingerprint density at radius 1 is 1.25 bits per heavy atom. The fourth-order valence-corrected chi connectivity index (χ4v) is 1.82. The Morgan fingerprint density at radius 3 is 2.62 bits per heavy atom. The van der Waals surface area contributed by atoms with E-state index in [9.17, 15) is 0 Å². The van der Waals surface area contributed by atoms with E-state index in [1.54, 1.807) is 0 Å². The van der Waals surface area contributed by atoms with Crippen LogP contribution in [0.15, 0.2) is 24.3 Å². The first kappa shape index (κ1) is 10.7. The summed E-state index contributed by atoms with van der Waals surface area (Å²) in [5.74, 6) is 0.995. The van der Waals surface area contributed by atoms with E-state index in [2.05, 4.69) is 18.0 Å². The minimum atomic E-state index is 0.793. The Hall–Kier alpha value is -1.77. The van der Waals surface area contributed by atoms with Crippen molar-refractivity contribution in [1.82, 2.24) is 4.98 Å². The van der Waals surface area contributed by atoms with E-state index in [0.717, 1.165) is 28.8 Å². The number of aromatic nitrogens is 1. The van der Waals surface area contributed by atoms with E-state index in [4.69, 9.17) is 5.73 Å². The summed E-state index contributed by atoms with van der Waals surface area (Å²) in [7, 11) is 4.01. The predicted molar refractivity (Wildman–Crippen MR) is 69.9 cm³/mol. The maximum atomic E-state index is 5.81. The summed E-state index contributed by atoms with van der Waals surface area (Å²) < 4.78 is 0. The number of nitrogens with zero attached hydrogens (tertiary/aromatic N) is 2. The van der Waals surface area contributed by atoms with Crippen LogP contribution in [0.4, 0.5) is 11.5 Å². The minimum absolute atomic E-state index is 0.793. The molecule has 1 heterocycles. The van der Waals surface area contributed by atoms with Gasteiger partial charge in [-0.15, -0.1) is 0 Å². The Morgan fingerprint density at radius 2 is 2.00 bits per heavy atom. The molecule has 16 heavy (non-hydrogen) atoms. The van der Waals surface area contributed by atoms with E-state index in [1.165, 1.54) is 5.56 Å². The monoisotopic (exact) mass is 215 g/mol. The molecule has 0 bridgehead atoms. The van der Waals surface area contributed by atoms with Crippen molar-refractivity contribution in [2.45, 2.75) is 13.3 Å². The largest absolute Gasteiger partial charge is 0.399 e. The molecule has 2 rings (SSSR count). The first-order valence-electron chi connectivity index (χ1n) is 5.48. The summed E-state index contributed by atoms with van der Waals surface area (Å²) in [6.07, 6.45) is 0.989. The second-order valence-corrected chi connectivity index (χ2v) is 4.16. The number of aryl methyl sites for hydroxylation is 1. The second-order valence-electron chi connectivity index (χ2n) is 4.16. The van der Waals surface area contributed by atoms with Gasteiger partial charge in [-0.25, -0.2) is 4.98 Å². The van der Waals surface area contributed by atoms with E-state index >= 15 is 0 Å². The highest BCUT2D eigenvalue weighted by Crippen LogP contribution is 2.24. The van der Waals surface area contributed by atoms with Gasteiger partial charge in [0, 0.05) is 25.2 Å². The van der Waals surface area contributed by atoms with Gasteiger partial charge in [-0.2, -0.15) is 0 Å². The average Bonchev–Trinajstić information content (AvgIpc) is 2.27. The molecule has 0 saturated heterocycles. The molecule has 0 aliphatic heterocycles. The van der Waals surface area contributed by atoms with Gasteiger partial charge >= 0.3 is 0 Å². The van der Waals surface area contributed by atoms with Crippen molar-refractivity contribution < 1.29 is 0 Å². The highest BCUT2D eigenvalue weighted by atomic mass is 15.1. The molecule has 0 spiro atoms. The number of nitrogens with two attached hydrogens (primary N) is 1. The highest BCUT2D eigenvalue weighted by Gasteiger charge is 2.06. The third kappa shape index (κ3) is 1.81. The Bertz CT molecular complexity index is 518. The molecule has 0 fully saturated rings. The van der Waals surface area contributed by atoms with Crippen molar-refractivity contribution in [3.05, 3.63) is 29.8 Å². The number of hydrogen-bond acceptors (Lipinski definition) is 3. The lowest BCUT2D eigenvalue weighted by molar-refractivity contribution is 1.06. The van der Waals surface area contributed by atoms with Gasteiger partial charge in [0.05, 0.1) is 5.52 Å². The molecule has 2 aromatic rings. The van der Waals surface area contributed by atoms with Crippen molar-refractivity contribution in [3.8, 4) is 0 Å².